The molecule has 2 aromatic carbocycles. The standard InChI is InChI=1S/C16H15ClO3/c17-14-4-2-1-3-13(14)11-5-7-12(8-6-11)15(18)9-10-16(19)20/h1-8,15,18H,9-10H2,(H,19,20). The second-order valence-electron chi connectivity index (χ2n) is 4.55. The number of carboxylic acid groups (broad SMARTS) is 1. The monoisotopic (exact) mass is 290 g/mol. The van der Waals surface area contributed by atoms with Crippen LogP contribution in [0, 0.1) is 0 Å². The number of aliphatic hydroxyl groups is 1. The van der Waals surface area contributed by atoms with Gasteiger partial charge in [0, 0.05) is 17.0 Å². The van der Waals surface area contributed by atoms with Gasteiger partial charge in [0.05, 0.1) is 6.10 Å². The summed E-state index contributed by atoms with van der Waals surface area (Å²) in [4.78, 5) is 10.5. The van der Waals surface area contributed by atoms with Gasteiger partial charge in [0.2, 0.25) is 0 Å². The third-order valence-corrected chi connectivity index (χ3v) is 3.44. The van der Waals surface area contributed by atoms with Gasteiger partial charge in [0.1, 0.15) is 0 Å². The highest BCUT2D eigenvalue weighted by Crippen LogP contribution is 2.29. The van der Waals surface area contributed by atoms with Crippen LogP contribution in [-0.2, 0) is 4.79 Å². The van der Waals surface area contributed by atoms with E-state index in [0.29, 0.717) is 10.6 Å². The Morgan fingerprint density at radius 3 is 2.35 bits per heavy atom. The van der Waals surface area contributed by atoms with Gasteiger partial charge in [-0.25, -0.2) is 0 Å². The van der Waals surface area contributed by atoms with Crippen molar-refractivity contribution in [1.29, 1.82) is 0 Å². The Kier molecular flexibility index (Phi) is 4.77. The third kappa shape index (κ3) is 3.59. The molecule has 3 nitrogen and oxygen atoms in total. The summed E-state index contributed by atoms with van der Waals surface area (Å²) in [5, 5.41) is 19.2. The first-order chi connectivity index (χ1) is 9.58. The summed E-state index contributed by atoms with van der Waals surface area (Å²) in [6.45, 7) is 0. The molecule has 1 atom stereocenters. The van der Waals surface area contributed by atoms with Crippen molar-refractivity contribution >= 4 is 17.6 Å². The lowest BCUT2D eigenvalue weighted by Crippen LogP contribution is -2.02. The molecule has 2 aromatic rings. The molecule has 0 saturated carbocycles. The van der Waals surface area contributed by atoms with Crippen molar-refractivity contribution in [3.63, 3.8) is 0 Å². The number of benzene rings is 2. The fourth-order valence-electron chi connectivity index (χ4n) is 2.01. The van der Waals surface area contributed by atoms with Crippen molar-refractivity contribution in [2.75, 3.05) is 0 Å². The average Bonchev–Trinajstić information content (AvgIpc) is 2.45. The molecule has 0 aliphatic carbocycles. The van der Waals surface area contributed by atoms with Crippen LogP contribution >= 0.6 is 11.6 Å². The van der Waals surface area contributed by atoms with Crippen LogP contribution in [0.15, 0.2) is 48.5 Å². The van der Waals surface area contributed by atoms with Gasteiger partial charge in [-0.3, -0.25) is 4.79 Å². The predicted molar refractivity (Wildman–Crippen MR) is 78.7 cm³/mol. The summed E-state index contributed by atoms with van der Waals surface area (Å²) in [5.41, 5.74) is 2.60. The first kappa shape index (κ1) is 14.6. The minimum absolute atomic E-state index is 0.0482. The summed E-state index contributed by atoms with van der Waals surface area (Å²) in [5.74, 6) is -0.906. The molecule has 2 rings (SSSR count). The summed E-state index contributed by atoms with van der Waals surface area (Å²) in [7, 11) is 0. The van der Waals surface area contributed by atoms with Crippen molar-refractivity contribution in [3.05, 3.63) is 59.1 Å². The highest BCUT2D eigenvalue weighted by Gasteiger charge is 2.10. The number of halogens is 1. The normalized spacial score (nSPS) is 12.1. The average molecular weight is 291 g/mol. The minimum Gasteiger partial charge on any atom is -0.481 e. The zero-order valence-corrected chi connectivity index (χ0v) is 11.5. The number of hydrogen-bond acceptors (Lipinski definition) is 2. The van der Waals surface area contributed by atoms with E-state index in [1.54, 1.807) is 12.1 Å². The molecule has 0 fully saturated rings. The van der Waals surface area contributed by atoms with Crippen molar-refractivity contribution in [1.82, 2.24) is 0 Å². The van der Waals surface area contributed by atoms with Crippen LogP contribution in [0.5, 0.6) is 0 Å². The SMILES string of the molecule is O=C(O)CCC(O)c1ccc(-c2ccccc2Cl)cc1. The summed E-state index contributed by atoms with van der Waals surface area (Å²) >= 11 is 6.13. The second-order valence-corrected chi connectivity index (χ2v) is 4.96. The molecule has 0 radical (unpaired) electrons. The van der Waals surface area contributed by atoms with Crippen LogP contribution in [0.1, 0.15) is 24.5 Å². The number of carboxylic acids is 1. The molecule has 0 amide bonds. The topological polar surface area (TPSA) is 57.5 Å². The Morgan fingerprint density at radius 2 is 1.75 bits per heavy atom. The summed E-state index contributed by atoms with van der Waals surface area (Å²) in [6, 6.07) is 14.9. The van der Waals surface area contributed by atoms with Crippen molar-refractivity contribution in [2.45, 2.75) is 18.9 Å². The molecule has 1 unspecified atom stereocenters. The molecule has 20 heavy (non-hydrogen) atoms. The van der Waals surface area contributed by atoms with E-state index in [9.17, 15) is 9.90 Å². The van der Waals surface area contributed by atoms with Crippen LogP contribution in [0.2, 0.25) is 5.02 Å². The van der Waals surface area contributed by atoms with E-state index in [1.807, 2.05) is 36.4 Å². The van der Waals surface area contributed by atoms with Gasteiger partial charge < -0.3 is 10.2 Å². The smallest absolute Gasteiger partial charge is 0.303 e. The lowest BCUT2D eigenvalue weighted by atomic mass is 10.00. The molecule has 0 heterocycles. The molecule has 0 aliphatic rings. The van der Waals surface area contributed by atoms with E-state index in [0.717, 1.165) is 11.1 Å². The summed E-state index contributed by atoms with van der Waals surface area (Å²) < 4.78 is 0. The Hall–Kier alpha value is -1.84. The molecule has 0 aliphatic heterocycles. The number of rotatable bonds is 5. The van der Waals surface area contributed by atoms with Gasteiger partial charge in [0.25, 0.3) is 0 Å². The molecule has 104 valence electrons. The molecule has 4 heteroatoms. The highest BCUT2D eigenvalue weighted by atomic mass is 35.5. The molecule has 2 N–H and O–H groups in total. The molecule has 0 spiro atoms. The van der Waals surface area contributed by atoms with Gasteiger partial charge in [-0.05, 0) is 23.6 Å². The van der Waals surface area contributed by atoms with E-state index in [-0.39, 0.29) is 12.8 Å². The fraction of sp³-hybridized carbons (Fsp3) is 0.188. The zero-order chi connectivity index (χ0) is 14.5. The first-order valence-corrected chi connectivity index (χ1v) is 6.70. The number of aliphatic hydroxyl groups excluding tert-OH is 1. The van der Waals surface area contributed by atoms with Gasteiger partial charge in [-0.1, -0.05) is 54.1 Å². The van der Waals surface area contributed by atoms with E-state index in [2.05, 4.69) is 0 Å². The van der Waals surface area contributed by atoms with Crippen molar-refractivity contribution in [2.24, 2.45) is 0 Å². The van der Waals surface area contributed by atoms with Crippen molar-refractivity contribution < 1.29 is 15.0 Å². The van der Waals surface area contributed by atoms with E-state index >= 15 is 0 Å². The van der Waals surface area contributed by atoms with E-state index in [4.69, 9.17) is 16.7 Å². The van der Waals surface area contributed by atoms with Gasteiger partial charge in [-0.15, -0.1) is 0 Å². The van der Waals surface area contributed by atoms with Crippen LogP contribution in [0.25, 0.3) is 11.1 Å². The fourth-order valence-corrected chi connectivity index (χ4v) is 2.25. The zero-order valence-electron chi connectivity index (χ0n) is 10.8. The third-order valence-electron chi connectivity index (χ3n) is 3.11. The Morgan fingerprint density at radius 1 is 1.10 bits per heavy atom. The van der Waals surface area contributed by atoms with Crippen LogP contribution in [-0.4, -0.2) is 16.2 Å². The maximum Gasteiger partial charge on any atom is 0.303 e. The number of aliphatic carboxylic acids is 1. The maximum absolute atomic E-state index is 10.5. The molecule has 0 saturated heterocycles. The lowest BCUT2D eigenvalue weighted by Gasteiger charge is -2.11. The van der Waals surface area contributed by atoms with E-state index in [1.165, 1.54) is 0 Å². The molecule has 0 aromatic heterocycles. The van der Waals surface area contributed by atoms with Gasteiger partial charge in [-0.2, -0.15) is 0 Å². The first-order valence-electron chi connectivity index (χ1n) is 6.32. The highest BCUT2D eigenvalue weighted by molar-refractivity contribution is 6.33. The van der Waals surface area contributed by atoms with Crippen LogP contribution < -0.4 is 0 Å². The van der Waals surface area contributed by atoms with Crippen LogP contribution in [0.3, 0.4) is 0 Å². The largest absolute Gasteiger partial charge is 0.481 e. The van der Waals surface area contributed by atoms with Gasteiger partial charge >= 0.3 is 5.97 Å². The maximum atomic E-state index is 10.5. The Labute approximate surface area is 122 Å². The second kappa shape index (κ2) is 6.55. The predicted octanol–water partition coefficient (Wildman–Crippen LogP) is 3.91. The Balaban J connectivity index is 2.14. The lowest BCUT2D eigenvalue weighted by molar-refractivity contribution is -0.137. The molecular formula is C16H15ClO3. The number of carbonyl (C=O) groups is 1. The number of hydrogen-bond donors (Lipinski definition) is 2. The van der Waals surface area contributed by atoms with E-state index < -0.39 is 12.1 Å². The molecule has 0 bridgehead atoms. The summed E-state index contributed by atoms with van der Waals surface area (Å²) in [6.07, 6.45) is -0.597. The van der Waals surface area contributed by atoms with Gasteiger partial charge in [0.15, 0.2) is 0 Å². The minimum atomic E-state index is -0.906. The molecular weight excluding hydrogens is 276 g/mol. The quantitative estimate of drug-likeness (QED) is 0.878. The van der Waals surface area contributed by atoms with Crippen LogP contribution in [0.4, 0.5) is 0 Å². The van der Waals surface area contributed by atoms with Crippen molar-refractivity contribution in [3.8, 4) is 11.1 Å². The Bertz CT molecular complexity index is 593.